The summed E-state index contributed by atoms with van der Waals surface area (Å²) < 4.78 is 7.69. The Labute approximate surface area is 198 Å². The fourth-order valence-corrected chi connectivity index (χ4v) is 4.51. The van der Waals surface area contributed by atoms with E-state index in [1.165, 1.54) is 15.9 Å². The molecule has 0 unspecified atom stereocenters. The van der Waals surface area contributed by atoms with Crippen molar-refractivity contribution in [2.45, 2.75) is 13.5 Å². The van der Waals surface area contributed by atoms with Crippen LogP contribution in [0, 0.1) is 19.3 Å². The van der Waals surface area contributed by atoms with E-state index in [0.717, 1.165) is 28.5 Å². The van der Waals surface area contributed by atoms with Crippen molar-refractivity contribution in [2.24, 2.45) is 0 Å². The lowest BCUT2D eigenvalue weighted by Crippen LogP contribution is -2.23. The third kappa shape index (κ3) is 4.05. The first-order chi connectivity index (χ1) is 15.4. The van der Waals surface area contributed by atoms with Gasteiger partial charge in [0.1, 0.15) is 4.70 Å². The lowest BCUT2D eigenvalue weighted by Gasteiger charge is -2.16. The second kappa shape index (κ2) is 9.21. The zero-order chi connectivity index (χ0) is 22.8. The van der Waals surface area contributed by atoms with Crippen LogP contribution in [-0.2, 0) is 6.54 Å². The quantitative estimate of drug-likeness (QED) is 0.255. The van der Waals surface area contributed by atoms with Gasteiger partial charge in [0.2, 0.25) is 0 Å². The second-order valence-electron chi connectivity index (χ2n) is 6.90. The highest BCUT2D eigenvalue weighted by atomic mass is 35.5. The Morgan fingerprint density at radius 2 is 1.97 bits per heavy atom. The van der Waals surface area contributed by atoms with Gasteiger partial charge in [0.15, 0.2) is 11.4 Å². The highest BCUT2D eigenvalue weighted by molar-refractivity contribution is 8.12. The number of hydrogen-bond acceptors (Lipinski definition) is 6. The zero-order valence-electron chi connectivity index (χ0n) is 17.2. The van der Waals surface area contributed by atoms with Gasteiger partial charge in [0, 0.05) is 5.02 Å². The van der Waals surface area contributed by atoms with Crippen LogP contribution in [0.4, 0.5) is 4.79 Å². The number of halogens is 1. The standard InChI is InChI=1S/C24H17ClN2O3S2/c1-4-11-27-22-21(32-13-26-22)20(30-24(29)31-3)19(23(27)28)18-12-16(6-5-14(18)2)15-7-9-17(25)10-8-15/h1,5-10,12-13H,11H2,2-3H3. The number of rotatable bonds is 4. The Hall–Kier alpha value is -3.05. The van der Waals surface area contributed by atoms with Gasteiger partial charge < -0.3 is 4.74 Å². The van der Waals surface area contributed by atoms with Crippen LogP contribution in [0.15, 0.2) is 52.8 Å². The molecule has 32 heavy (non-hydrogen) atoms. The summed E-state index contributed by atoms with van der Waals surface area (Å²) in [6.45, 7) is 1.96. The molecule has 0 amide bonds. The number of fused-ring (bicyclic) bond motifs is 1. The van der Waals surface area contributed by atoms with E-state index in [4.69, 9.17) is 22.8 Å². The molecule has 0 aliphatic rings. The van der Waals surface area contributed by atoms with Crippen molar-refractivity contribution in [1.29, 1.82) is 0 Å². The molecule has 4 rings (SSSR count). The molecule has 0 N–H and O–H groups in total. The number of carbonyl (C=O) groups is 1. The third-order valence-corrected chi connectivity index (χ3v) is 6.47. The third-order valence-electron chi connectivity index (χ3n) is 4.98. The zero-order valence-corrected chi connectivity index (χ0v) is 19.6. The summed E-state index contributed by atoms with van der Waals surface area (Å²) in [5.41, 5.74) is 5.29. The van der Waals surface area contributed by atoms with Crippen molar-refractivity contribution in [3.63, 3.8) is 0 Å². The molecule has 0 aliphatic carbocycles. The summed E-state index contributed by atoms with van der Waals surface area (Å²) >= 11 is 8.25. The van der Waals surface area contributed by atoms with Crippen LogP contribution in [0.3, 0.4) is 0 Å². The van der Waals surface area contributed by atoms with Gasteiger partial charge in [-0.1, -0.05) is 41.8 Å². The molecule has 5 nitrogen and oxygen atoms in total. The van der Waals surface area contributed by atoms with Crippen molar-refractivity contribution in [3.05, 3.63) is 68.9 Å². The molecule has 0 radical (unpaired) electrons. The molecule has 4 aromatic rings. The Bertz CT molecular complexity index is 1430. The van der Waals surface area contributed by atoms with Crippen LogP contribution in [0.5, 0.6) is 5.75 Å². The first-order valence-corrected chi connectivity index (χ1v) is 12.0. The topological polar surface area (TPSA) is 61.2 Å². The Morgan fingerprint density at radius 3 is 2.66 bits per heavy atom. The lowest BCUT2D eigenvalue weighted by atomic mass is 9.95. The first-order valence-electron chi connectivity index (χ1n) is 9.50. The molecule has 2 aromatic carbocycles. The number of aromatic nitrogens is 2. The summed E-state index contributed by atoms with van der Waals surface area (Å²) in [5.74, 6) is 2.72. The molecule has 2 aromatic heterocycles. The monoisotopic (exact) mass is 480 g/mol. The van der Waals surface area contributed by atoms with Crippen LogP contribution in [0.2, 0.25) is 5.02 Å². The van der Waals surface area contributed by atoms with Gasteiger partial charge in [-0.3, -0.25) is 9.36 Å². The number of nitrogens with zero attached hydrogens (tertiary/aromatic N) is 2. The molecule has 0 saturated heterocycles. The minimum absolute atomic E-state index is 0.0543. The predicted octanol–water partition coefficient (Wildman–Crippen LogP) is 6.25. The van der Waals surface area contributed by atoms with Crippen molar-refractivity contribution < 1.29 is 9.53 Å². The van der Waals surface area contributed by atoms with Crippen molar-refractivity contribution in [1.82, 2.24) is 9.55 Å². The van der Waals surface area contributed by atoms with E-state index < -0.39 is 5.30 Å². The molecule has 0 atom stereocenters. The smallest absolute Gasteiger partial charge is 0.372 e. The lowest BCUT2D eigenvalue weighted by molar-refractivity contribution is 0.228. The Balaban J connectivity index is 2.04. The van der Waals surface area contributed by atoms with Crippen LogP contribution < -0.4 is 10.3 Å². The van der Waals surface area contributed by atoms with Gasteiger partial charge in [-0.2, -0.15) is 0 Å². The summed E-state index contributed by atoms with van der Waals surface area (Å²) in [6.07, 6.45) is 7.15. The number of thiazole rings is 1. The van der Waals surface area contributed by atoms with E-state index in [2.05, 4.69) is 10.9 Å². The first kappa shape index (κ1) is 22.2. The van der Waals surface area contributed by atoms with Gasteiger partial charge >= 0.3 is 5.30 Å². The summed E-state index contributed by atoms with van der Waals surface area (Å²) in [5, 5.41) is 0.127. The number of pyridine rings is 1. The number of thioether (sulfide) groups is 1. The van der Waals surface area contributed by atoms with Crippen LogP contribution >= 0.6 is 34.7 Å². The summed E-state index contributed by atoms with van der Waals surface area (Å²) in [7, 11) is 0. The fraction of sp³-hybridized carbons (Fsp3) is 0.125. The van der Waals surface area contributed by atoms with Crippen LogP contribution in [0.1, 0.15) is 5.56 Å². The normalized spacial score (nSPS) is 10.8. The second-order valence-corrected chi connectivity index (χ2v) is 8.93. The predicted molar refractivity (Wildman–Crippen MR) is 133 cm³/mol. The van der Waals surface area contributed by atoms with Gasteiger partial charge in [-0.15, -0.1) is 17.8 Å². The molecule has 0 bridgehead atoms. The maximum absolute atomic E-state index is 13.6. The van der Waals surface area contributed by atoms with E-state index in [9.17, 15) is 9.59 Å². The molecule has 0 fully saturated rings. The van der Waals surface area contributed by atoms with Crippen molar-refractivity contribution in [2.75, 3.05) is 6.26 Å². The van der Waals surface area contributed by atoms with E-state index >= 15 is 0 Å². The molecule has 0 spiro atoms. The Morgan fingerprint density at radius 1 is 1.25 bits per heavy atom. The van der Waals surface area contributed by atoms with Gasteiger partial charge in [-0.05, 0) is 65.4 Å². The number of aryl methyl sites for hydroxylation is 1. The van der Waals surface area contributed by atoms with Crippen molar-refractivity contribution in [3.8, 4) is 40.3 Å². The molecule has 2 heterocycles. The largest absolute Gasteiger partial charge is 0.416 e. The average molecular weight is 481 g/mol. The number of hydrogen-bond donors (Lipinski definition) is 0. The van der Waals surface area contributed by atoms with Gasteiger partial charge in [0.05, 0.1) is 17.6 Å². The molecule has 160 valence electrons. The van der Waals surface area contributed by atoms with E-state index in [0.29, 0.717) is 20.9 Å². The molecular formula is C24H17ClN2O3S2. The maximum Gasteiger partial charge on any atom is 0.372 e. The summed E-state index contributed by atoms with van der Waals surface area (Å²) in [6, 6.07) is 13.3. The minimum atomic E-state index is -0.512. The molecular weight excluding hydrogens is 464 g/mol. The van der Waals surface area contributed by atoms with Gasteiger partial charge in [-0.25, -0.2) is 9.78 Å². The number of terminal acetylenes is 1. The van der Waals surface area contributed by atoms with Crippen LogP contribution in [-0.4, -0.2) is 21.1 Å². The Kier molecular flexibility index (Phi) is 6.38. The summed E-state index contributed by atoms with van der Waals surface area (Å²) in [4.78, 5) is 30.1. The fourth-order valence-electron chi connectivity index (χ4n) is 3.44. The SMILES string of the molecule is C#CCn1c(=O)c(-c2cc(-c3ccc(Cl)cc3)ccc2C)c(OC(=O)SC)c2scnc21. The molecule has 0 saturated carbocycles. The van der Waals surface area contributed by atoms with Crippen LogP contribution in [0.25, 0.3) is 32.6 Å². The molecule has 0 aliphatic heterocycles. The number of benzene rings is 2. The minimum Gasteiger partial charge on any atom is -0.416 e. The average Bonchev–Trinajstić information content (AvgIpc) is 3.28. The van der Waals surface area contributed by atoms with Gasteiger partial charge in [0.25, 0.3) is 5.56 Å². The van der Waals surface area contributed by atoms with Crippen molar-refractivity contribution >= 4 is 50.3 Å². The van der Waals surface area contributed by atoms with E-state index in [1.807, 2.05) is 49.4 Å². The maximum atomic E-state index is 13.6. The highest BCUT2D eigenvalue weighted by Gasteiger charge is 2.24. The van der Waals surface area contributed by atoms with E-state index in [-0.39, 0.29) is 23.4 Å². The number of ether oxygens (including phenoxy) is 1. The molecule has 8 heteroatoms. The van der Waals surface area contributed by atoms with E-state index in [1.54, 1.807) is 11.8 Å². The number of carbonyl (C=O) groups excluding carboxylic acids is 1. The highest BCUT2D eigenvalue weighted by Crippen LogP contribution is 2.39.